The number of aryl methyl sites for hydroxylation is 1. The van der Waals surface area contributed by atoms with Gasteiger partial charge in [-0.25, -0.2) is 4.68 Å². The molecule has 0 amide bonds. The number of furan rings is 1. The number of carbonyl (C=O) groups is 1. The van der Waals surface area contributed by atoms with Gasteiger partial charge >= 0.3 is 0 Å². The van der Waals surface area contributed by atoms with Crippen molar-refractivity contribution >= 4 is 12.1 Å². The number of nitrogen functional groups attached to an aromatic ring is 1. The fraction of sp³-hybridized carbons (Fsp3) is 0.125. The molecule has 0 unspecified atom stereocenters. The molecule has 2 aromatic heterocycles. The smallest absolute Gasteiger partial charge is 0.156 e. The van der Waals surface area contributed by atoms with Crippen molar-refractivity contribution in [2.45, 2.75) is 13.5 Å². The van der Waals surface area contributed by atoms with Crippen LogP contribution in [0.4, 0.5) is 5.82 Å². The van der Waals surface area contributed by atoms with Crippen LogP contribution in [0.25, 0.3) is 11.5 Å². The Morgan fingerprint density at radius 1 is 1.29 bits per heavy atom. The molecule has 2 N–H and O–H groups in total. The lowest BCUT2D eigenvalue weighted by Gasteiger charge is -2.07. The van der Waals surface area contributed by atoms with E-state index in [0.717, 1.165) is 11.1 Å². The summed E-state index contributed by atoms with van der Waals surface area (Å²) in [5.74, 6) is 0.881. The Labute approximate surface area is 122 Å². The molecule has 0 bridgehead atoms. The molecule has 0 atom stereocenters. The van der Waals surface area contributed by atoms with Gasteiger partial charge in [0.15, 0.2) is 12.0 Å². The van der Waals surface area contributed by atoms with E-state index in [1.165, 1.54) is 0 Å². The second kappa shape index (κ2) is 5.28. The van der Waals surface area contributed by atoms with E-state index < -0.39 is 0 Å². The average molecular weight is 281 g/mol. The minimum Gasteiger partial charge on any atom is -0.463 e. The van der Waals surface area contributed by atoms with E-state index in [9.17, 15) is 4.79 Å². The molecule has 2 heterocycles. The van der Waals surface area contributed by atoms with Crippen molar-refractivity contribution in [1.29, 1.82) is 0 Å². The molecular weight excluding hydrogens is 266 g/mol. The second-order valence-corrected chi connectivity index (χ2v) is 4.83. The Kier molecular flexibility index (Phi) is 3.31. The molecule has 3 aromatic rings. The first kappa shape index (κ1) is 13.2. The molecule has 0 saturated carbocycles. The predicted molar refractivity (Wildman–Crippen MR) is 80.0 cm³/mol. The monoisotopic (exact) mass is 281 g/mol. The summed E-state index contributed by atoms with van der Waals surface area (Å²) < 4.78 is 6.94. The van der Waals surface area contributed by atoms with Gasteiger partial charge in [-0.2, -0.15) is 5.10 Å². The number of aromatic nitrogens is 2. The van der Waals surface area contributed by atoms with Gasteiger partial charge in [0.05, 0.1) is 18.4 Å². The number of aldehydes is 1. The number of nitrogens with zero attached hydrogens (tertiary/aromatic N) is 2. The van der Waals surface area contributed by atoms with Crippen LogP contribution in [0.3, 0.4) is 0 Å². The van der Waals surface area contributed by atoms with Crippen molar-refractivity contribution in [2.75, 3.05) is 5.73 Å². The number of hydrogen-bond donors (Lipinski definition) is 1. The van der Waals surface area contributed by atoms with Crippen LogP contribution in [-0.4, -0.2) is 16.1 Å². The zero-order valence-corrected chi connectivity index (χ0v) is 11.6. The Morgan fingerprint density at radius 3 is 2.76 bits per heavy atom. The van der Waals surface area contributed by atoms with Gasteiger partial charge in [0.2, 0.25) is 0 Å². The minimum atomic E-state index is 0.347. The van der Waals surface area contributed by atoms with Gasteiger partial charge in [-0.3, -0.25) is 4.79 Å². The molecule has 21 heavy (non-hydrogen) atoms. The maximum Gasteiger partial charge on any atom is 0.156 e. The largest absolute Gasteiger partial charge is 0.463 e. The molecule has 5 heteroatoms. The second-order valence-electron chi connectivity index (χ2n) is 4.83. The summed E-state index contributed by atoms with van der Waals surface area (Å²) in [7, 11) is 0. The molecule has 1 aromatic carbocycles. The summed E-state index contributed by atoms with van der Waals surface area (Å²) in [6.45, 7) is 2.54. The lowest BCUT2D eigenvalue weighted by Crippen LogP contribution is -2.07. The standard InChI is InChI=1S/C16H15N3O2/c1-11-5-2-3-6-12(11)9-19-16(17)13(10-20)15(18-19)14-7-4-8-21-14/h2-8,10H,9,17H2,1H3. The van der Waals surface area contributed by atoms with Gasteiger partial charge in [-0.15, -0.1) is 0 Å². The highest BCUT2D eigenvalue weighted by Crippen LogP contribution is 2.26. The summed E-state index contributed by atoms with van der Waals surface area (Å²) in [5.41, 5.74) is 9.14. The first-order valence-corrected chi connectivity index (χ1v) is 6.60. The van der Waals surface area contributed by atoms with E-state index in [-0.39, 0.29) is 0 Å². The van der Waals surface area contributed by atoms with Crippen LogP contribution >= 0.6 is 0 Å². The summed E-state index contributed by atoms with van der Waals surface area (Å²) in [4.78, 5) is 11.3. The minimum absolute atomic E-state index is 0.347. The summed E-state index contributed by atoms with van der Waals surface area (Å²) in [6.07, 6.45) is 2.26. The van der Waals surface area contributed by atoms with Gasteiger partial charge in [-0.1, -0.05) is 24.3 Å². The van der Waals surface area contributed by atoms with Gasteiger partial charge < -0.3 is 10.2 Å². The molecule has 5 nitrogen and oxygen atoms in total. The normalized spacial score (nSPS) is 10.7. The highest BCUT2D eigenvalue weighted by atomic mass is 16.3. The molecule has 106 valence electrons. The molecule has 0 radical (unpaired) electrons. The fourth-order valence-corrected chi connectivity index (χ4v) is 2.27. The average Bonchev–Trinajstić information content (AvgIpc) is 3.10. The highest BCUT2D eigenvalue weighted by molar-refractivity contribution is 5.90. The first-order chi connectivity index (χ1) is 10.2. The molecule has 0 fully saturated rings. The lowest BCUT2D eigenvalue weighted by atomic mass is 10.1. The Balaban J connectivity index is 2.04. The zero-order valence-electron chi connectivity index (χ0n) is 11.6. The maximum absolute atomic E-state index is 11.3. The van der Waals surface area contributed by atoms with E-state index in [4.69, 9.17) is 10.2 Å². The summed E-state index contributed by atoms with van der Waals surface area (Å²) in [5, 5.41) is 4.43. The van der Waals surface area contributed by atoms with Gasteiger partial charge in [0.25, 0.3) is 0 Å². The van der Waals surface area contributed by atoms with E-state index >= 15 is 0 Å². The van der Waals surface area contributed by atoms with Gasteiger partial charge in [0, 0.05) is 0 Å². The summed E-state index contributed by atoms with van der Waals surface area (Å²) >= 11 is 0. The van der Waals surface area contributed by atoms with Crippen LogP contribution in [0, 0.1) is 6.92 Å². The van der Waals surface area contributed by atoms with E-state index in [0.29, 0.717) is 35.7 Å². The van der Waals surface area contributed by atoms with Crippen LogP contribution < -0.4 is 5.73 Å². The van der Waals surface area contributed by atoms with Gasteiger partial charge in [0.1, 0.15) is 11.5 Å². The third-order valence-corrected chi connectivity index (χ3v) is 3.48. The number of carbonyl (C=O) groups excluding carboxylic acids is 1. The van der Waals surface area contributed by atoms with Crippen LogP contribution in [0.2, 0.25) is 0 Å². The number of rotatable bonds is 4. The Hall–Kier alpha value is -2.82. The predicted octanol–water partition coefficient (Wildman–Crippen LogP) is 2.89. The van der Waals surface area contributed by atoms with Crippen molar-refractivity contribution in [1.82, 2.24) is 9.78 Å². The quantitative estimate of drug-likeness (QED) is 0.746. The lowest BCUT2D eigenvalue weighted by molar-refractivity contribution is 0.112. The maximum atomic E-state index is 11.3. The summed E-state index contributed by atoms with van der Waals surface area (Å²) in [6, 6.07) is 11.5. The number of nitrogens with two attached hydrogens (primary N) is 1. The highest BCUT2D eigenvalue weighted by Gasteiger charge is 2.18. The molecule has 3 rings (SSSR count). The number of hydrogen-bond acceptors (Lipinski definition) is 4. The third-order valence-electron chi connectivity index (χ3n) is 3.48. The zero-order chi connectivity index (χ0) is 14.8. The molecular formula is C16H15N3O2. The Morgan fingerprint density at radius 2 is 2.10 bits per heavy atom. The number of benzene rings is 1. The molecule has 0 spiro atoms. The van der Waals surface area contributed by atoms with Crippen molar-refractivity contribution in [3.05, 3.63) is 59.4 Å². The van der Waals surface area contributed by atoms with Crippen molar-refractivity contribution in [3.63, 3.8) is 0 Å². The van der Waals surface area contributed by atoms with Crippen molar-refractivity contribution < 1.29 is 9.21 Å². The fourth-order valence-electron chi connectivity index (χ4n) is 2.27. The van der Waals surface area contributed by atoms with Crippen LogP contribution in [0.5, 0.6) is 0 Å². The van der Waals surface area contributed by atoms with Crippen LogP contribution in [0.1, 0.15) is 21.5 Å². The topological polar surface area (TPSA) is 74.0 Å². The SMILES string of the molecule is Cc1ccccc1Cn1nc(-c2ccco2)c(C=O)c1N. The van der Waals surface area contributed by atoms with Gasteiger partial charge in [-0.05, 0) is 30.2 Å². The van der Waals surface area contributed by atoms with Crippen molar-refractivity contribution in [3.8, 4) is 11.5 Å². The van der Waals surface area contributed by atoms with Crippen molar-refractivity contribution in [2.24, 2.45) is 0 Å². The van der Waals surface area contributed by atoms with E-state index in [1.54, 1.807) is 23.1 Å². The Bertz CT molecular complexity index is 773. The molecule has 0 aliphatic rings. The van der Waals surface area contributed by atoms with E-state index in [1.807, 2.05) is 31.2 Å². The van der Waals surface area contributed by atoms with Crippen LogP contribution in [0.15, 0.2) is 47.1 Å². The molecule has 0 aliphatic heterocycles. The number of anilines is 1. The molecule has 0 saturated heterocycles. The first-order valence-electron chi connectivity index (χ1n) is 6.60. The molecule has 0 aliphatic carbocycles. The van der Waals surface area contributed by atoms with E-state index in [2.05, 4.69) is 5.10 Å². The third kappa shape index (κ3) is 2.33. The van der Waals surface area contributed by atoms with Crippen LogP contribution in [-0.2, 0) is 6.54 Å².